The van der Waals surface area contributed by atoms with Crippen LogP contribution >= 0.6 is 15.9 Å². The average Bonchev–Trinajstić information content (AvgIpc) is 2.61. The molecule has 3 rings (SSSR count). The SMILES string of the molecule is Brc1ccc(OCc2ccccc2)c(C[NH2+]C2CCCCCCC2)c1. The van der Waals surface area contributed by atoms with Crippen LogP contribution in [0.3, 0.4) is 0 Å². The third-order valence-corrected chi connectivity index (χ3v) is 5.57. The molecule has 1 aliphatic rings. The third kappa shape index (κ3) is 6.16. The second-order valence-corrected chi connectivity index (χ2v) is 7.99. The molecule has 0 bridgehead atoms. The Bertz CT molecular complexity index is 636. The van der Waals surface area contributed by atoms with Gasteiger partial charge >= 0.3 is 0 Å². The van der Waals surface area contributed by atoms with Gasteiger partial charge in [0, 0.05) is 10.0 Å². The Morgan fingerprint density at radius 2 is 1.64 bits per heavy atom. The summed E-state index contributed by atoms with van der Waals surface area (Å²) in [6, 6.07) is 17.5. The van der Waals surface area contributed by atoms with Gasteiger partial charge in [0.1, 0.15) is 18.9 Å². The zero-order valence-corrected chi connectivity index (χ0v) is 16.5. The number of ether oxygens (including phenoxy) is 1. The lowest BCUT2D eigenvalue weighted by Gasteiger charge is -2.19. The molecule has 3 heteroatoms. The summed E-state index contributed by atoms with van der Waals surface area (Å²) >= 11 is 3.61. The lowest BCUT2D eigenvalue weighted by Crippen LogP contribution is -2.88. The predicted molar refractivity (Wildman–Crippen MR) is 107 cm³/mol. The van der Waals surface area contributed by atoms with E-state index in [1.807, 2.05) is 6.07 Å². The highest BCUT2D eigenvalue weighted by molar-refractivity contribution is 9.10. The average molecular weight is 403 g/mol. The van der Waals surface area contributed by atoms with Crippen LogP contribution in [0.15, 0.2) is 53.0 Å². The Balaban J connectivity index is 1.60. The van der Waals surface area contributed by atoms with Crippen molar-refractivity contribution < 1.29 is 10.1 Å². The van der Waals surface area contributed by atoms with E-state index in [1.54, 1.807) is 0 Å². The van der Waals surface area contributed by atoms with Gasteiger partial charge < -0.3 is 10.1 Å². The summed E-state index contributed by atoms with van der Waals surface area (Å²) in [5.74, 6) is 1.01. The van der Waals surface area contributed by atoms with Gasteiger partial charge in [0.15, 0.2) is 0 Å². The number of hydrogen-bond donors (Lipinski definition) is 1. The molecule has 2 nitrogen and oxygen atoms in total. The quantitative estimate of drug-likeness (QED) is 0.705. The van der Waals surface area contributed by atoms with Crippen molar-refractivity contribution >= 4 is 15.9 Å². The molecule has 0 amide bonds. The fourth-order valence-corrected chi connectivity index (χ4v) is 4.01. The zero-order valence-electron chi connectivity index (χ0n) is 14.9. The number of halogens is 1. The van der Waals surface area contributed by atoms with Gasteiger partial charge in [-0.1, -0.05) is 65.5 Å². The monoisotopic (exact) mass is 402 g/mol. The lowest BCUT2D eigenvalue weighted by atomic mass is 9.96. The lowest BCUT2D eigenvalue weighted by molar-refractivity contribution is -0.706. The van der Waals surface area contributed by atoms with E-state index in [0.717, 1.165) is 22.8 Å². The third-order valence-electron chi connectivity index (χ3n) is 5.08. The highest BCUT2D eigenvalue weighted by Gasteiger charge is 2.15. The first-order chi connectivity index (χ1) is 12.3. The van der Waals surface area contributed by atoms with Gasteiger partial charge in [-0.2, -0.15) is 0 Å². The molecule has 25 heavy (non-hydrogen) atoms. The molecule has 0 heterocycles. The molecule has 2 aromatic carbocycles. The number of rotatable bonds is 6. The van der Waals surface area contributed by atoms with Crippen molar-refractivity contribution in [2.45, 2.75) is 64.1 Å². The molecule has 0 spiro atoms. The minimum atomic E-state index is 0.624. The van der Waals surface area contributed by atoms with Crippen molar-refractivity contribution in [3.05, 3.63) is 64.1 Å². The molecule has 2 N–H and O–H groups in total. The Hall–Kier alpha value is -1.32. The summed E-state index contributed by atoms with van der Waals surface area (Å²) in [5.41, 5.74) is 2.49. The van der Waals surface area contributed by atoms with Crippen molar-refractivity contribution in [2.75, 3.05) is 0 Å². The maximum atomic E-state index is 6.12. The molecular formula is C22H29BrNO+. The van der Waals surface area contributed by atoms with E-state index in [9.17, 15) is 0 Å². The van der Waals surface area contributed by atoms with Crippen molar-refractivity contribution in [1.82, 2.24) is 0 Å². The molecule has 0 saturated heterocycles. The normalized spacial score (nSPS) is 16.2. The van der Waals surface area contributed by atoms with Crippen molar-refractivity contribution in [1.29, 1.82) is 0 Å². The summed E-state index contributed by atoms with van der Waals surface area (Å²) in [7, 11) is 0. The maximum absolute atomic E-state index is 6.12. The molecule has 134 valence electrons. The number of quaternary nitrogens is 1. The van der Waals surface area contributed by atoms with Gasteiger partial charge in [0.05, 0.1) is 6.04 Å². The summed E-state index contributed by atoms with van der Waals surface area (Å²) in [6.07, 6.45) is 9.73. The first-order valence-corrected chi connectivity index (χ1v) is 10.4. The molecule has 1 aliphatic carbocycles. The van der Waals surface area contributed by atoms with Crippen LogP contribution < -0.4 is 10.1 Å². The molecule has 1 saturated carbocycles. The summed E-state index contributed by atoms with van der Waals surface area (Å²) < 4.78 is 7.25. The van der Waals surface area contributed by atoms with E-state index in [0.29, 0.717) is 6.61 Å². The van der Waals surface area contributed by atoms with Crippen LogP contribution in [0.1, 0.15) is 56.1 Å². The van der Waals surface area contributed by atoms with E-state index in [-0.39, 0.29) is 0 Å². The van der Waals surface area contributed by atoms with Crippen LogP contribution in [-0.4, -0.2) is 6.04 Å². The number of nitrogens with two attached hydrogens (primary N) is 1. The molecule has 0 aromatic heterocycles. The molecular weight excluding hydrogens is 374 g/mol. The standard InChI is InChI=1S/C22H28BrNO/c23-20-13-14-22(25-17-18-9-5-4-6-10-18)19(15-20)16-24-21-11-7-2-1-3-8-12-21/h4-6,9-10,13-15,21,24H,1-3,7-8,11-12,16-17H2/p+1. The van der Waals surface area contributed by atoms with Gasteiger partial charge in [-0.15, -0.1) is 0 Å². The smallest absolute Gasteiger partial charge is 0.128 e. The topological polar surface area (TPSA) is 25.8 Å². The van der Waals surface area contributed by atoms with E-state index < -0.39 is 0 Å². The van der Waals surface area contributed by atoms with E-state index >= 15 is 0 Å². The first kappa shape index (κ1) is 18.5. The van der Waals surface area contributed by atoms with Crippen molar-refractivity contribution in [2.24, 2.45) is 0 Å². The van der Waals surface area contributed by atoms with E-state index in [4.69, 9.17) is 4.74 Å². The molecule has 0 unspecified atom stereocenters. The molecule has 0 aliphatic heterocycles. The molecule has 1 fully saturated rings. The number of hydrogen-bond acceptors (Lipinski definition) is 1. The highest BCUT2D eigenvalue weighted by atomic mass is 79.9. The second kappa shape index (κ2) is 9.98. The minimum Gasteiger partial charge on any atom is -0.488 e. The van der Waals surface area contributed by atoms with Crippen molar-refractivity contribution in [3.63, 3.8) is 0 Å². The van der Waals surface area contributed by atoms with Gasteiger partial charge in [-0.05, 0) is 49.4 Å². The van der Waals surface area contributed by atoms with E-state index in [1.165, 1.54) is 56.1 Å². The van der Waals surface area contributed by atoms with E-state index in [2.05, 4.69) is 63.7 Å². The zero-order chi connectivity index (χ0) is 17.3. The van der Waals surface area contributed by atoms with Gasteiger partial charge in [-0.25, -0.2) is 0 Å². The van der Waals surface area contributed by atoms with Crippen LogP contribution in [0.2, 0.25) is 0 Å². The second-order valence-electron chi connectivity index (χ2n) is 7.07. The van der Waals surface area contributed by atoms with Gasteiger partial charge in [0.2, 0.25) is 0 Å². The Morgan fingerprint density at radius 3 is 2.40 bits per heavy atom. The Kier molecular flexibility index (Phi) is 7.37. The van der Waals surface area contributed by atoms with Crippen LogP contribution in [0.5, 0.6) is 5.75 Å². The molecule has 0 radical (unpaired) electrons. The van der Waals surface area contributed by atoms with Crippen LogP contribution in [0.25, 0.3) is 0 Å². The highest BCUT2D eigenvalue weighted by Crippen LogP contribution is 2.24. The largest absolute Gasteiger partial charge is 0.488 e. The first-order valence-electron chi connectivity index (χ1n) is 9.60. The van der Waals surface area contributed by atoms with Crippen LogP contribution in [-0.2, 0) is 13.2 Å². The number of benzene rings is 2. The van der Waals surface area contributed by atoms with Crippen LogP contribution in [0.4, 0.5) is 0 Å². The summed E-state index contributed by atoms with van der Waals surface area (Å²) in [4.78, 5) is 0. The maximum Gasteiger partial charge on any atom is 0.128 e. The molecule has 0 atom stereocenters. The minimum absolute atomic E-state index is 0.624. The van der Waals surface area contributed by atoms with Crippen LogP contribution in [0, 0.1) is 0 Å². The Morgan fingerprint density at radius 1 is 0.920 bits per heavy atom. The van der Waals surface area contributed by atoms with Crippen molar-refractivity contribution in [3.8, 4) is 5.75 Å². The van der Waals surface area contributed by atoms with Gasteiger partial charge in [-0.3, -0.25) is 0 Å². The summed E-state index contributed by atoms with van der Waals surface area (Å²) in [5, 5.41) is 2.53. The van der Waals surface area contributed by atoms with Gasteiger partial charge in [0.25, 0.3) is 0 Å². The summed E-state index contributed by atoms with van der Waals surface area (Å²) in [6.45, 7) is 1.62. The predicted octanol–water partition coefficient (Wildman–Crippen LogP) is 5.20. The fourth-order valence-electron chi connectivity index (χ4n) is 3.60. The molecule has 2 aromatic rings. The fraction of sp³-hybridized carbons (Fsp3) is 0.455. The Labute approximate surface area is 160 Å².